The number of alkyl halides is 3. The summed E-state index contributed by atoms with van der Waals surface area (Å²) in [6.07, 6.45) is -3.17. The number of hydrogen-bond acceptors (Lipinski definition) is 3. The fourth-order valence-electron chi connectivity index (χ4n) is 1.69. The Labute approximate surface area is 115 Å². The minimum absolute atomic E-state index is 0.0538. The lowest BCUT2D eigenvalue weighted by Crippen LogP contribution is -2.38. The van der Waals surface area contributed by atoms with E-state index in [1.54, 1.807) is 13.8 Å². The second-order valence-corrected chi connectivity index (χ2v) is 4.60. The minimum atomic E-state index is -4.52. The molecule has 0 unspecified atom stereocenters. The third-order valence-electron chi connectivity index (χ3n) is 2.74. The zero-order valence-corrected chi connectivity index (χ0v) is 11.3. The second-order valence-electron chi connectivity index (χ2n) is 4.60. The molecule has 1 N–H and O–H groups in total. The van der Waals surface area contributed by atoms with Crippen LogP contribution in [-0.4, -0.2) is 40.1 Å². The zero-order valence-electron chi connectivity index (χ0n) is 11.3. The molecule has 0 fully saturated rings. The summed E-state index contributed by atoms with van der Waals surface area (Å²) in [6.45, 7) is 3.88. The highest BCUT2D eigenvalue weighted by Gasteiger charge is 2.32. The lowest BCUT2D eigenvalue weighted by Gasteiger charge is -2.26. The van der Waals surface area contributed by atoms with Crippen LogP contribution in [0.15, 0.2) is 18.3 Å². The largest absolute Gasteiger partial charge is 0.433 e. The van der Waals surface area contributed by atoms with Gasteiger partial charge >= 0.3 is 6.18 Å². The maximum atomic E-state index is 12.4. The number of aromatic nitrogens is 1. The van der Waals surface area contributed by atoms with Crippen molar-refractivity contribution in [2.45, 2.75) is 32.5 Å². The van der Waals surface area contributed by atoms with Crippen molar-refractivity contribution in [2.24, 2.45) is 0 Å². The summed E-state index contributed by atoms with van der Waals surface area (Å²) in [7, 11) is 0. The molecule has 0 radical (unpaired) electrons. The van der Waals surface area contributed by atoms with Crippen LogP contribution in [0.5, 0.6) is 0 Å². The van der Waals surface area contributed by atoms with Gasteiger partial charge in [-0.1, -0.05) is 0 Å². The fourth-order valence-corrected chi connectivity index (χ4v) is 1.69. The van der Waals surface area contributed by atoms with Gasteiger partial charge in [-0.2, -0.15) is 13.2 Å². The Kier molecular flexibility index (Phi) is 5.50. The number of amides is 1. The predicted octanol–water partition coefficient (Wildman–Crippen LogP) is 2.33. The molecule has 1 heterocycles. The number of halogens is 3. The van der Waals surface area contributed by atoms with Crippen LogP contribution in [-0.2, 0) is 6.18 Å². The molecule has 112 valence electrons. The van der Waals surface area contributed by atoms with Crippen LogP contribution < -0.4 is 0 Å². The number of hydrogen-bond donors (Lipinski definition) is 1. The zero-order chi connectivity index (χ0) is 15.3. The van der Waals surface area contributed by atoms with Gasteiger partial charge in [-0.3, -0.25) is 9.78 Å². The summed E-state index contributed by atoms with van der Waals surface area (Å²) in [5.74, 6) is -0.394. The molecule has 0 aliphatic carbocycles. The highest BCUT2D eigenvalue weighted by molar-refractivity contribution is 5.94. The number of aliphatic hydroxyl groups excluding tert-OH is 1. The molecular weight excluding hydrogens is 273 g/mol. The van der Waals surface area contributed by atoms with E-state index < -0.39 is 17.8 Å². The number of nitrogens with zero attached hydrogens (tertiary/aromatic N) is 2. The Morgan fingerprint density at radius 2 is 2.05 bits per heavy atom. The van der Waals surface area contributed by atoms with E-state index in [1.165, 1.54) is 4.90 Å². The number of carbonyl (C=O) groups excluding carboxylic acids is 1. The number of rotatable bonds is 5. The van der Waals surface area contributed by atoms with Crippen molar-refractivity contribution >= 4 is 5.91 Å². The molecule has 0 aliphatic rings. The molecule has 1 amide bonds. The lowest BCUT2D eigenvalue weighted by atomic mass is 10.2. The van der Waals surface area contributed by atoms with Crippen molar-refractivity contribution in [1.82, 2.24) is 9.88 Å². The second kappa shape index (κ2) is 6.69. The molecule has 0 bridgehead atoms. The Morgan fingerprint density at radius 3 is 2.45 bits per heavy atom. The summed E-state index contributed by atoms with van der Waals surface area (Å²) in [4.78, 5) is 16.9. The van der Waals surface area contributed by atoms with Crippen LogP contribution in [0.2, 0.25) is 0 Å². The van der Waals surface area contributed by atoms with Crippen LogP contribution in [0.4, 0.5) is 13.2 Å². The predicted molar refractivity (Wildman–Crippen MR) is 67.1 cm³/mol. The van der Waals surface area contributed by atoms with Crippen molar-refractivity contribution in [3.63, 3.8) is 0 Å². The Hall–Kier alpha value is -1.63. The first-order valence-corrected chi connectivity index (χ1v) is 6.22. The minimum Gasteiger partial charge on any atom is -0.396 e. The first-order valence-electron chi connectivity index (χ1n) is 6.22. The van der Waals surface area contributed by atoms with E-state index in [4.69, 9.17) is 5.11 Å². The molecule has 0 spiro atoms. The molecular formula is C13H17F3N2O2. The van der Waals surface area contributed by atoms with Gasteiger partial charge in [0.25, 0.3) is 5.91 Å². The molecule has 1 aromatic heterocycles. The standard InChI is InChI=1S/C13H17F3N2O2/c1-9(2)18(6-3-7-19)12(20)10-4-5-11(17-8-10)13(14,15)16/h4-5,8-9,19H,3,6-7H2,1-2H3. The highest BCUT2D eigenvalue weighted by Crippen LogP contribution is 2.27. The molecule has 1 rings (SSSR count). The van der Waals surface area contributed by atoms with E-state index in [9.17, 15) is 18.0 Å². The van der Waals surface area contributed by atoms with E-state index in [-0.39, 0.29) is 18.2 Å². The van der Waals surface area contributed by atoms with Crippen molar-refractivity contribution in [2.75, 3.05) is 13.2 Å². The van der Waals surface area contributed by atoms with Gasteiger partial charge in [0.2, 0.25) is 0 Å². The van der Waals surface area contributed by atoms with Crippen LogP contribution in [0, 0.1) is 0 Å². The third-order valence-corrected chi connectivity index (χ3v) is 2.74. The SMILES string of the molecule is CC(C)N(CCCO)C(=O)c1ccc(C(F)(F)F)nc1. The topological polar surface area (TPSA) is 53.4 Å². The number of aliphatic hydroxyl groups is 1. The Bertz CT molecular complexity index is 444. The van der Waals surface area contributed by atoms with E-state index in [2.05, 4.69) is 4.98 Å². The normalized spacial score (nSPS) is 11.8. The van der Waals surface area contributed by atoms with Crippen molar-refractivity contribution < 1.29 is 23.1 Å². The van der Waals surface area contributed by atoms with Gasteiger partial charge in [-0.05, 0) is 32.4 Å². The maximum absolute atomic E-state index is 12.4. The van der Waals surface area contributed by atoms with Crippen LogP contribution in [0.25, 0.3) is 0 Å². The van der Waals surface area contributed by atoms with Gasteiger partial charge in [0.15, 0.2) is 0 Å². The molecule has 0 aliphatic heterocycles. The van der Waals surface area contributed by atoms with Gasteiger partial charge < -0.3 is 10.0 Å². The quantitative estimate of drug-likeness (QED) is 0.905. The van der Waals surface area contributed by atoms with E-state index in [0.717, 1.165) is 18.3 Å². The van der Waals surface area contributed by atoms with Gasteiger partial charge in [0.1, 0.15) is 5.69 Å². The molecule has 1 aromatic rings. The molecule has 4 nitrogen and oxygen atoms in total. The molecule has 0 atom stereocenters. The van der Waals surface area contributed by atoms with Crippen molar-refractivity contribution in [1.29, 1.82) is 0 Å². The average Bonchev–Trinajstić information content (AvgIpc) is 2.37. The molecule has 0 saturated carbocycles. The Balaban J connectivity index is 2.89. The van der Waals surface area contributed by atoms with Crippen molar-refractivity contribution in [3.8, 4) is 0 Å². The summed E-state index contributed by atoms with van der Waals surface area (Å²) in [6, 6.07) is 1.79. The summed E-state index contributed by atoms with van der Waals surface area (Å²) in [5, 5.41) is 8.80. The van der Waals surface area contributed by atoms with Crippen LogP contribution in [0.1, 0.15) is 36.3 Å². The average molecular weight is 290 g/mol. The number of carbonyl (C=O) groups is 1. The lowest BCUT2D eigenvalue weighted by molar-refractivity contribution is -0.141. The van der Waals surface area contributed by atoms with Gasteiger partial charge in [0, 0.05) is 25.4 Å². The van der Waals surface area contributed by atoms with E-state index in [0.29, 0.717) is 13.0 Å². The highest BCUT2D eigenvalue weighted by atomic mass is 19.4. The summed E-state index contributed by atoms with van der Waals surface area (Å²) < 4.78 is 37.2. The molecule has 0 saturated heterocycles. The molecule has 20 heavy (non-hydrogen) atoms. The summed E-state index contributed by atoms with van der Waals surface area (Å²) >= 11 is 0. The van der Waals surface area contributed by atoms with Gasteiger partial charge in [-0.25, -0.2) is 0 Å². The molecule has 7 heteroatoms. The molecule has 0 aromatic carbocycles. The fraction of sp³-hybridized carbons (Fsp3) is 0.538. The van der Waals surface area contributed by atoms with Gasteiger partial charge in [0.05, 0.1) is 5.56 Å². The number of pyridine rings is 1. The van der Waals surface area contributed by atoms with Crippen LogP contribution >= 0.6 is 0 Å². The first-order chi connectivity index (χ1) is 9.27. The summed E-state index contributed by atoms with van der Waals surface area (Å²) in [5.41, 5.74) is -0.926. The van der Waals surface area contributed by atoms with E-state index >= 15 is 0 Å². The Morgan fingerprint density at radius 1 is 1.40 bits per heavy atom. The van der Waals surface area contributed by atoms with Crippen molar-refractivity contribution in [3.05, 3.63) is 29.6 Å². The smallest absolute Gasteiger partial charge is 0.396 e. The van der Waals surface area contributed by atoms with Crippen LogP contribution in [0.3, 0.4) is 0 Å². The monoisotopic (exact) mass is 290 g/mol. The van der Waals surface area contributed by atoms with E-state index in [1.807, 2.05) is 0 Å². The van der Waals surface area contributed by atoms with Gasteiger partial charge in [-0.15, -0.1) is 0 Å². The first kappa shape index (κ1) is 16.4. The third kappa shape index (κ3) is 4.19. The maximum Gasteiger partial charge on any atom is 0.433 e.